The predicted octanol–water partition coefficient (Wildman–Crippen LogP) is 6.09. The number of rotatable bonds is 8. The first kappa shape index (κ1) is 23.0. The van der Waals surface area contributed by atoms with Gasteiger partial charge < -0.3 is 24.5 Å². The third kappa shape index (κ3) is 4.74. The van der Waals surface area contributed by atoms with E-state index in [0.717, 1.165) is 47.6 Å². The molecule has 4 aromatic rings. The van der Waals surface area contributed by atoms with Crippen LogP contribution in [0, 0.1) is 0 Å². The number of nitrogens with zero attached hydrogens (tertiary/aromatic N) is 1. The highest BCUT2D eigenvalue weighted by atomic mass is 32.1. The van der Waals surface area contributed by atoms with E-state index in [1.54, 1.807) is 43.9 Å². The fourth-order valence-corrected chi connectivity index (χ4v) is 5.83. The van der Waals surface area contributed by atoms with Crippen molar-refractivity contribution < 1.29 is 18.7 Å². The van der Waals surface area contributed by atoms with E-state index in [9.17, 15) is 4.79 Å². The Labute approximate surface area is 208 Å². The molecular formula is C27H27N3O4S. The smallest absolute Gasteiger partial charge is 0.291 e. The van der Waals surface area contributed by atoms with Crippen molar-refractivity contribution in [2.45, 2.75) is 31.7 Å². The maximum absolute atomic E-state index is 13.0. The van der Waals surface area contributed by atoms with E-state index in [4.69, 9.17) is 13.9 Å². The second kappa shape index (κ2) is 10.2. The van der Waals surface area contributed by atoms with E-state index in [0.29, 0.717) is 11.5 Å². The van der Waals surface area contributed by atoms with Crippen LogP contribution in [0.15, 0.2) is 65.4 Å². The molecule has 3 heterocycles. The van der Waals surface area contributed by atoms with E-state index >= 15 is 0 Å². The number of hydrogen-bond acceptors (Lipinski definition) is 7. The first-order valence-corrected chi connectivity index (χ1v) is 12.4. The van der Waals surface area contributed by atoms with Crippen LogP contribution >= 0.6 is 11.3 Å². The topological polar surface area (TPSA) is 85.6 Å². The van der Waals surface area contributed by atoms with Gasteiger partial charge in [0.1, 0.15) is 10.8 Å². The number of benzene rings is 1. The second-order valence-corrected chi connectivity index (χ2v) is 9.40. The number of fused-ring (bicyclic) bond motifs is 1. The average Bonchev–Trinajstić information content (AvgIpc) is 3.56. The number of anilines is 2. The number of furan rings is 1. The van der Waals surface area contributed by atoms with Crippen LogP contribution in [0.25, 0.3) is 0 Å². The first-order chi connectivity index (χ1) is 17.2. The van der Waals surface area contributed by atoms with Gasteiger partial charge in [-0.25, -0.2) is 4.98 Å². The summed E-state index contributed by atoms with van der Waals surface area (Å²) >= 11 is 1.65. The lowest BCUT2D eigenvalue weighted by Crippen LogP contribution is -2.19. The molecule has 1 amide bonds. The maximum Gasteiger partial charge on any atom is 0.291 e. The Balaban J connectivity index is 1.64. The van der Waals surface area contributed by atoms with Gasteiger partial charge in [0, 0.05) is 16.6 Å². The lowest BCUT2D eigenvalue weighted by molar-refractivity contribution is 0.0997. The van der Waals surface area contributed by atoms with Crippen molar-refractivity contribution in [3.63, 3.8) is 0 Å². The third-order valence-corrected chi connectivity index (χ3v) is 7.39. The molecule has 0 bridgehead atoms. The van der Waals surface area contributed by atoms with Crippen LogP contribution in [-0.4, -0.2) is 25.1 Å². The molecule has 0 saturated carbocycles. The van der Waals surface area contributed by atoms with Gasteiger partial charge in [-0.05, 0) is 73.2 Å². The number of methoxy groups -OCH3 is 2. The molecule has 3 aromatic heterocycles. The Morgan fingerprint density at radius 1 is 1.06 bits per heavy atom. The molecule has 8 heteroatoms. The minimum absolute atomic E-state index is 0.265. The van der Waals surface area contributed by atoms with Crippen LogP contribution in [0.3, 0.4) is 0 Å². The Bertz CT molecular complexity index is 1300. The number of ether oxygens (including phenoxy) is 2. The lowest BCUT2D eigenvalue weighted by atomic mass is 9.89. The molecule has 0 saturated heterocycles. The average molecular weight is 490 g/mol. The summed E-state index contributed by atoms with van der Waals surface area (Å²) in [4.78, 5) is 18.8. The minimum atomic E-state index is -0.269. The quantitative estimate of drug-likeness (QED) is 0.312. The zero-order valence-electron chi connectivity index (χ0n) is 19.7. The number of nitrogens with one attached hydrogen (secondary N) is 2. The number of amides is 1. The van der Waals surface area contributed by atoms with Crippen LogP contribution in [0.2, 0.25) is 0 Å². The molecule has 0 aliphatic heterocycles. The molecule has 1 atom stereocenters. The monoisotopic (exact) mass is 489 g/mol. The Kier molecular flexibility index (Phi) is 6.72. The summed E-state index contributed by atoms with van der Waals surface area (Å²) in [6.45, 7) is 0. The summed E-state index contributed by atoms with van der Waals surface area (Å²) in [6.07, 6.45) is 7.50. The normalized spacial score (nSPS) is 13.5. The zero-order valence-corrected chi connectivity index (χ0v) is 20.5. The molecule has 0 unspecified atom stereocenters. The molecule has 1 aliphatic carbocycles. The molecule has 2 N–H and O–H groups in total. The summed E-state index contributed by atoms with van der Waals surface area (Å²) in [7, 11) is 3.25. The molecule has 0 fully saturated rings. The minimum Gasteiger partial charge on any atom is -0.493 e. The molecule has 1 aliphatic rings. The number of carbonyl (C=O) groups is 1. The summed E-state index contributed by atoms with van der Waals surface area (Å²) in [5.41, 5.74) is 3.33. The van der Waals surface area contributed by atoms with E-state index in [1.165, 1.54) is 16.7 Å². The van der Waals surface area contributed by atoms with Gasteiger partial charge in [-0.1, -0.05) is 12.1 Å². The third-order valence-electron chi connectivity index (χ3n) is 6.17. The van der Waals surface area contributed by atoms with Crippen molar-refractivity contribution in [3.05, 3.63) is 88.3 Å². The van der Waals surface area contributed by atoms with Crippen LogP contribution in [0.4, 0.5) is 10.8 Å². The zero-order chi connectivity index (χ0) is 24.2. The summed E-state index contributed by atoms with van der Waals surface area (Å²) in [5.74, 6) is 2.06. The fraction of sp³-hybridized carbons (Fsp3) is 0.259. The highest BCUT2D eigenvalue weighted by Crippen LogP contribution is 2.45. The fourth-order valence-electron chi connectivity index (χ4n) is 4.51. The van der Waals surface area contributed by atoms with Crippen molar-refractivity contribution in [1.29, 1.82) is 0 Å². The van der Waals surface area contributed by atoms with Crippen LogP contribution in [0.5, 0.6) is 11.5 Å². The SMILES string of the molecule is COc1ccc([C@H](Nc2ccccn2)c2c(NC(=O)c3ccco3)sc3c2CCCC3)cc1OC. The Hall–Kier alpha value is -3.78. The van der Waals surface area contributed by atoms with E-state index in [-0.39, 0.29) is 17.7 Å². The molecule has 1 aromatic carbocycles. The Morgan fingerprint density at radius 3 is 2.66 bits per heavy atom. The van der Waals surface area contributed by atoms with Gasteiger partial charge in [-0.3, -0.25) is 4.79 Å². The molecule has 5 rings (SSSR count). The van der Waals surface area contributed by atoms with Gasteiger partial charge in [-0.2, -0.15) is 0 Å². The highest BCUT2D eigenvalue weighted by Gasteiger charge is 2.30. The van der Waals surface area contributed by atoms with Crippen molar-refractivity contribution in [1.82, 2.24) is 4.98 Å². The van der Waals surface area contributed by atoms with Crippen LogP contribution in [0.1, 0.15) is 51.0 Å². The van der Waals surface area contributed by atoms with Gasteiger partial charge in [-0.15, -0.1) is 11.3 Å². The summed E-state index contributed by atoms with van der Waals surface area (Å²) in [6, 6.07) is 14.8. The van der Waals surface area contributed by atoms with Crippen molar-refractivity contribution >= 4 is 28.1 Å². The van der Waals surface area contributed by atoms with Crippen molar-refractivity contribution in [2.24, 2.45) is 0 Å². The maximum atomic E-state index is 13.0. The van der Waals surface area contributed by atoms with E-state index in [2.05, 4.69) is 15.6 Å². The number of aryl methyl sites for hydroxylation is 1. The number of aromatic nitrogens is 1. The van der Waals surface area contributed by atoms with Gasteiger partial charge in [0.2, 0.25) is 0 Å². The van der Waals surface area contributed by atoms with Gasteiger partial charge in [0.15, 0.2) is 17.3 Å². The van der Waals surface area contributed by atoms with Gasteiger partial charge >= 0.3 is 0 Å². The molecule has 35 heavy (non-hydrogen) atoms. The summed E-state index contributed by atoms with van der Waals surface area (Å²) in [5, 5.41) is 7.56. The van der Waals surface area contributed by atoms with E-state index < -0.39 is 0 Å². The molecule has 7 nitrogen and oxygen atoms in total. The largest absolute Gasteiger partial charge is 0.493 e. The number of pyridine rings is 1. The van der Waals surface area contributed by atoms with Crippen LogP contribution in [-0.2, 0) is 12.8 Å². The van der Waals surface area contributed by atoms with Gasteiger partial charge in [0.25, 0.3) is 5.91 Å². The number of hydrogen-bond donors (Lipinski definition) is 2. The van der Waals surface area contributed by atoms with Gasteiger partial charge in [0.05, 0.1) is 26.5 Å². The van der Waals surface area contributed by atoms with Crippen molar-refractivity contribution in [3.8, 4) is 11.5 Å². The van der Waals surface area contributed by atoms with Crippen molar-refractivity contribution in [2.75, 3.05) is 24.9 Å². The number of carbonyl (C=O) groups excluding carboxylic acids is 1. The lowest BCUT2D eigenvalue weighted by Gasteiger charge is -2.24. The second-order valence-electron chi connectivity index (χ2n) is 8.29. The van der Waals surface area contributed by atoms with Crippen LogP contribution < -0.4 is 20.1 Å². The standard InChI is InChI=1S/C27H27N3O4S/c1-32-19-13-12-17(16-21(19)33-2)25(29-23-11-5-6-14-28-23)24-18-8-3-4-10-22(18)35-27(24)30-26(31)20-9-7-15-34-20/h5-7,9,11-16,25H,3-4,8,10H2,1-2H3,(H,28,29)(H,30,31)/t25-/m0/s1. The summed E-state index contributed by atoms with van der Waals surface area (Å²) < 4.78 is 16.4. The van der Waals surface area contributed by atoms with E-state index in [1.807, 2.05) is 36.4 Å². The molecule has 0 radical (unpaired) electrons. The Morgan fingerprint density at radius 2 is 1.91 bits per heavy atom. The molecule has 0 spiro atoms. The number of thiophene rings is 1. The predicted molar refractivity (Wildman–Crippen MR) is 137 cm³/mol. The molecular weight excluding hydrogens is 462 g/mol. The highest BCUT2D eigenvalue weighted by molar-refractivity contribution is 7.16. The molecule has 180 valence electrons. The first-order valence-electron chi connectivity index (χ1n) is 11.6.